The molecule has 0 fully saturated rings. The van der Waals surface area contributed by atoms with Gasteiger partial charge in [-0.2, -0.15) is 20.0 Å². The minimum atomic E-state index is -0.128. The SMILES string of the molecule is C[C@@H]1Nc2ncnn2C(O)=C1SC#N. The van der Waals surface area contributed by atoms with Crippen molar-refractivity contribution in [2.75, 3.05) is 5.32 Å². The van der Waals surface area contributed by atoms with Gasteiger partial charge in [0.1, 0.15) is 11.7 Å². The highest BCUT2D eigenvalue weighted by atomic mass is 32.2. The first-order valence-electron chi connectivity index (χ1n) is 3.90. The average Bonchev–Trinajstić information content (AvgIpc) is 2.60. The highest BCUT2D eigenvalue weighted by Gasteiger charge is 2.25. The summed E-state index contributed by atoms with van der Waals surface area (Å²) < 4.78 is 1.26. The number of aliphatic hydroxyl groups excluding tert-OH is 1. The molecule has 1 aliphatic heterocycles. The van der Waals surface area contributed by atoms with Crippen molar-refractivity contribution < 1.29 is 5.11 Å². The number of nitrogens with one attached hydrogen (secondary N) is 1. The number of hydrogen-bond acceptors (Lipinski definition) is 6. The van der Waals surface area contributed by atoms with Gasteiger partial charge in [0, 0.05) is 0 Å². The van der Waals surface area contributed by atoms with Crippen LogP contribution in [-0.2, 0) is 0 Å². The zero-order valence-corrected chi connectivity index (χ0v) is 8.12. The van der Waals surface area contributed by atoms with E-state index in [1.807, 2.05) is 12.3 Å². The summed E-state index contributed by atoms with van der Waals surface area (Å²) in [6, 6.07) is -0.128. The fourth-order valence-electron chi connectivity index (χ4n) is 1.24. The van der Waals surface area contributed by atoms with Crippen molar-refractivity contribution in [2.45, 2.75) is 13.0 Å². The number of aliphatic hydroxyl groups is 1. The van der Waals surface area contributed by atoms with Crippen LogP contribution in [0.25, 0.3) is 5.88 Å². The van der Waals surface area contributed by atoms with Crippen LogP contribution in [0.1, 0.15) is 6.92 Å². The molecule has 0 spiro atoms. The Labute approximate surface area is 84.2 Å². The van der Waals surface area contributed by atoms with Crippen molar-refractivity contribution in [3.8, 4) is 5.40 Å². The molecule has 1 aromatic rings. The Kier molecular flexibility index (Phi) is 2.05. The third-order valence-corrected chi connectivity index (χ3v) is 2.71. The lowest BCUT2D eigenvalue weighted by atomic mass is 10.3. The van der Waals surface area contributed by atoms with Gasteiger partial charge in [-0.25, -0.2) is 0 Å². The van der Waals surface area contributed by atoms with Crippen LogP contribution in [0.5, 0.6) is 0 Å². The summed E-state index contributed by atoms with van der Waals surface area (Å²) in [4.78, 5) is 4.45. The predicted octanol–water partition coefficient (Wildman–Crippen LogP) is 0.990. The van der Waals surface area contributed by atoms with Crippen LogP contribution in [-0.4, -0.2) is 25.9 Å². The van der Waals surface area contributed by atoms with Gasteiger partial charge in [-0.05, 0) is 18.7 Å². The molecule has 2 N–H and O–H groups in total. The Bertz CT molecular complexity index is 432. The second-order valence-corrected chi connectivity index (χ2v) is 3.57. The number of rotatable bonds is 1. The van der Waals surface area contributed by atoms with E-state index >= 15 is 0 Å². The maximum absolute atomic E-state index is 9.74. The molecule has 14 heavy (non-hydrogen) atoms. The third kappa shape index (κ3) is 1.20. The fourth-order valence-corrected chi connectivity index (χ4v) is 1.75. The van der Waals surface area contributed by atoms with Gasteiger partial charge in [0.15, 0.2) is 0 Å². The predicted molar refractivity (Wildman–Crippen MR) is 52.2 cm³/mol. The van der Waals surface area contributed by atoms with Crippen LogP contribution in [0, 0.1) is 10.7 Å². The molecule has 2 heterocycles. The van der Waals surface area contributed by atoms with Gasteiger partial charge in [-0.15, -0.1) is 0 Å². The average molecular weight is 209 g/mol. The first-order chi connectivity index (χ1) is 6.74. The molecular formula is C7H7N5OS. The lowest BCUT2D eigenvalue weighted by molar-refractivity contribution is 0.449. The van der Waals surface area contributed by atoms with E-state index in [2.05, 4.69) is 15.4 Å². The standard InChI is InChI=1S/C7H7N5OS/c1-4-5(14-2-8)6(13)12-7(11-4)9-3-10-12/h3-4,13H,1H3,(H,9,10,11)/t4-/m0/s1. The summed E-state index contributed by atoms with van der Waals surface area (Å²) in [6.45, 7) is 1.84. The van der Waals surface area contributed by atoms with Gasteiger partial charge < -0.3 is 10.4 Å². The monoisotopic (exact) mass is 209 g/mol. The Balaban J connectivity index is 2.49. The molecule has 6 nitrogen and oxygen atoms in total. The summed E-state index contributed by atoms with van der Waals surface area (Å²) in [5.41, 5.74) is 0. The van der Waals surface area contributed by atoms with Gasteiger partial charge in [0.25, 0.3) is 0 Å². The molecule has 0 bridgehead atoms. The van der Waals surface area contributed by atoms with Gasteiger partial charge in [0.05, 0.1) is 10.9 Å². The van der Waals surface area contributed by atoms with Crippen molar-refractivity contribution >= 4 is 23.6 Å². The molecule has 0 radical (unpaired) electrons. The minimum absolute atomic E-state index is 0.0321. The lowest BCUT2D eigenvalue weighted by Gasteiger charge is -2.22. The first-order valence-corrected chi connectivity index (χ1v) is 4.71. The maximum Gasteiger partial charge on any atom is 0.229 e. The summed E-state index contributed by atoms with van der Waals surface area (Å²) >= 11 is 0.919. The number of anilines is 1. The number of fused-ring (bicyclic) bond motifs is 1. The van der Waals surface area contributed by atoms with Crippen LogP contribution in [0.3, 0.4) is 0 Å². The van der Waals surface area contributed by atoms with E-state index in [9.17, 15) is 5.11 Å². The van der Waals surface area contributed by atoms with Gasteiger partial charge in [-0.3, -0.25) is 0 Å². The minimum Gasteiger partial charge on any atom is -0.493 e. The first kappa shape index (κ1) is 8.90. The van der Waals surface area contributed by atoms with Crippen molar-refractivity contribution in [1.82, 2.24) is 14.8 Å². The van der Waals surface area contributed by atoms with Crippen molar-refractivity contribution in [1.29, 1.82) is 5.26 Å². The van der Waals surface area contributed by atoms with Crippen LogP contribution < -0.4 is 5.32 Å². The Morgan fingerprint density at radius 3 is 3.29 bits per heavy atom. The van der Waals surface area contributed by atoms with E-state index in [1.165, 1.54) is 11.0 Å². The third-order valence-electron chi connectivity index (χ3n) is 1.86. The zero-order valence-electron chi connectivity index (χ0n) is 7.30. The fraction of sp³-hybridized carbons (Fsp3) is 0.286. The van der Waals surface area contributed by atoms with Crippen molar-refractivity contribution in [3.05, 3.63) is 11.2 Å². The van der Waals surface area contributed by atoms with E-state index in [1.54, 1.807) is 0 Å². The zero-order chi connectivity index (χ0) is 10.1. The second-order valence-electron chi connectivity index (χ2n) is 2.74. The van der Waals surface area contributed by atoms with E-state index in [0.717, 1.165) is 11.8 Å². The Morgan fingerprint density at radius 1 is 1.79 bits per heavy atom. The highest BCUT2D eigenvalue weighted by molar-refractivity contribution is 8.07. The molecule has 2 rings (SSSR count). The van der Waals surface area contributed by atoms with Crippen LogP contribution >= 0.6 is 11.8 Å². The summed E-state index contributed by atoms with van der Waals surface area (Å²) in [5, 5.41) is 27.0. The molecule has 1 atom stereocenters. The quantitative estimate of drug-likeness (QED) is 0.671. The molecule has 0 saturated heterocycles. The topological polar surface area (TPSA) is 86.8 Å². The Morgan fingerprint density at radius 2 is 2.57 bits per heavy atom. The van der Waals surface area contributed by atoms with Crippen molar-refractivity contribution in [3.63, 3.8) is 0 Å². The second kappa shape index (κ2) is 3.23. The molecule has 72 valence electrons. The molecule has 0 amide bonds. The van der Waals surface area contributed by atoms with E-state index in [4.69, 9.17) is 5.26 Å². The summed E-state index contributed by atoms with van der Waals surface area (Å²) in [5.74, 6) is 0.451. The largest absolute Gasteiger partial charge is 0.493 e. The smallest absolute Gasteiger partial charge is 0.229 e. The molecule has 0 unspecified atom stereocenters. The number of thioether (sulfide) groups is 1. The molecule has 0 aliphatic carbocycles. The number of aromatic nitrogens is 3. The Hall–Kier alpha value is -1.68. The maximum atomic E-state index is 9.74. The number of thiocyanates is 1. The van der Waals surface area contributed by atoms with E-state index in [0.29, 0.717) is 10.9 Å². The molecule has 0 saturated carbocycles. The summed E-state index contributed by atoms with van der Waals surface area (Å²) in [7, 11) is 0. The van der Waals surface area contributed by atoms with E-state index in [-0.39, 0.29) is 11.9 Å². The normalized spacial score (nSPS) is 19.9. The molecule has 0 aromatic carbocycles. The van der Waals surface area contributed by atoms with Crippen LogP contribution in [0.15, 0.2) is 11.2 Å². The van der Waals surface area contributed by atoms with Crippen molar-refractivity contribution in [2.24, 2.45) is 0 Å². The van der Waals surface area contributed by atoms with Gasteiger partial charge in [-0.1, -0.05) is 0 Å². The highest BCUT2D eigenvalue weighted by Crippen LogP contribution is 2.30. The summed E-state index contributed by atoms with van der Waals surface area (Å²) in [6.07, 6.45) is 1.34. The lowest BCUT2D eigenvalue weighted by Crippen LogP contribution is -2.26. The molecule has 1 aromatic heterocycles. The molecule has 7 heteroatoms. The van der Waals surface area contributed by atoms with Gasteiger partial charge in [0.2, 0.25) is 11.8 Å². The van der Waals surface area contributed by atoms with E-state index < -0.39 is 0 Å². The number of nitriles is 1. The molecule has 1 aliphatic rings. The number of hydrogen-bond donors (Lipinski definition) is 2. The van der Waals surface area contributed by atoms with Crippen LogP contribution in [0.2, 0.25) is 0 Å². The molecular weight excluding hydrogens is 202 g/mol. The number of nitrogens with zero attached hydrogens (tertiary/aromatic N) is 4. The van der Waals surface area contributed by atoms with Gasteiger partial charge >= 0.3 is 0 Å². The van der Waals surface area contributed by atoms with Crippen LogP contribution in [0.4, 0.5) is 5.95 Å².